The Morgan fingerprint density at radius 3 is 2.16 bits per heavy atom. The van der Waals surface area contributed by atoms with Crippen LogP contribution >= 0.6 is 24.0 Å². The summed E-state index contributed by atoms with van der Waals surface area (Å²) in [5.41, 5.74) is 0. The van der Waals surface area contributed by atoms with E-state index in [2.05, 4.69) is 52.7 Å². The van der Waals surface area contributed by atoms with Gasteiger partial charge in [0.05, 0.1) is 20.0 Å². The summed E-state index contributed by atoms with van der Waals surface area (Å²) in [5, 5.41) is 28.6. The molecule has 25 heavy (non-hydrogen) atoms. The van der Waals surface area contributed by atoms with Gasteiger partial charge in [-0.1, -0.05) is 22.1 Å². The van der Waals surface area contributed by atoms with Gasteiger partial charge in [0.25, 0.3) is 0 Å². The number of carbonyl (C=O) groups is 2. The van der Waals surface area contributed by atoms with E-state index in [0.29, 0.717) is 9.93 Å². The molecule has 2 aromatic rings. The molecule has 13 nitrogen and oxygen atoms in total. The molecule has 0 bridgehead atoms. The molecule has 0 atom stereocenters. The number of H-pyrrole nitrogens is 1. The molecule has 0 unspecified atom stereocenters. The van der Waals surface area contributed by atoms with Crippen LogP contribution in [0.2, 0.25) is 0 Å². The van der Waals surface area contributed by atoms with Crippen molar-refractivity contribution in [1.29, 1.82) is 0 Å². The van der Waals surface area contributed by atoms with Crippen molar-refractivity contribution in [1.82, 2.24) is 40.4 Å². The van der Waals surface area contributed by atoms with E-state index < -0.39 is 12.6 Å². The highest BCUT2D eigenvalue weighted by molar-refractivity contribution is 7.99. The summed E-state index contributed by atoms with van der Waals surface area (Å²) in [5.74, 6) is -0.664. The lowest BCUT2D eigenvalue weighted by Gasteiger charge is -1.96. The van der Waals surface area contributed by atoms with Gasteiger partial charge in [0, 0.05) is 14.1 Å². The first-order valence-electron chi connectivity index (χ1n) is 6.39. The Morgan fingerprint density at radius 1 is 1.24 bits per heavy atom. The van der Waals surface area contributed by atoms with Gasteiger partial charge in [0.1, 0.15) is 6.61 Å². The fourth-order valence-electron chi connectivity index (χ4n) is 0.833. The van der Waals surface area contributed by atoms with Gasteiger partial charge >= 0.3 is 11.9 Å². The Labute approximate surface area is 151 Å². The van der Waals surface area contributed by atoms with Crippen molar-refractivity contribution in [3.63, 3.8) is 0 Å². The van der Waals surface area contributed by atoms with E-state index in [1.807, 2.05) is 0 Å². The number of aromatic nitrogens is 8. The molecular formula is C10H18N8O5S2. The van der Waals surface area contributed by atoms with E-state index in [4.69, 9.17) is 5.11 Å². The first kappa shape index (κ1) is 22.6. The number of hydrogen-bond acceptors (Lipinski definition) is 12. The zero-order valence-electron chi connectivity index (χ0n) is 13.9. The molecule has 0 aliphatic heterocycles. The maximum atomic E-state index is 10.7. The summed E-state index contributed by atoms with van der Waals surface area (Å²) >= 11 is 5.88. The van der Waals surface area contributed by atoms with Gasteiger partial charge in [-0.3, -0.25) is 4.79 Å². The van der Waals surface area contributed by atoms with Crippen LogP contribution in [0.15, 0.2) is 5.16 Å². The van der Waals surface area contributed by atoms with Crippen LogP contribution in [0.5, 0.6) is 0 Å². The summed E-state index contributed by atoms with van der Waals surface area (Å²) in [7, 11) is 6.03. The van der Waals surface area contributed by atoms with Crippen LogP contribution in [-0.2, 0) is 33.2 Å². The molecule has 0 saturated carbocycles. The van der Waals surface area contributed by atoms with Gasteiger partial charge in [0.15, 0.2) is 0 Å². The second-order valence-electron chi connectivity index (χ2n) is 3.83. The highest BCUT2D eigenvalue weighted by Crippen LogP contribution is 2.11. The lowest BCUT2D eigenvalue weighted by molar-refractivity contribution is -0.143. The average molecular weight is 394 g/mol. The fraction of sp³-hybridized carbons (Fsp3) is 0.600. The molecule has 2 heterocycles. The topological polar surface area (TPSA) is 163 Å². The number of thioether (sulfide) groups is 1. The Kier molecular flexibility index (Phi) is 11.7. The van der Waals surface area contributed by atoms with Gasteiger partial charge in [-0.2, -0.15) is 5.21 Å². The number of aromatic amines is 1. The number of nitrogens with one attached hydrogen (secondary N) is 1. The van der Waals surface area contributed by atoms with Crippen LogP contribution in [0.25, 0.3) is 0 Å². The van der Waals surface area contributed by atoms with Crippen molar-refractivity contribution in [2.45, 2.75) is 5.16 Å². The van der Waals surface area contributed by atoms with E-state index in [0.717, 1.165) is 0 Å². The third-order valence-corrected chi connectivity index (χ3v) is 3.44. The molecule has 0 fully saturated rings. The van der Waals surface area contributed by atoms with Crippen LogP contribution in [-0.4, -0.2) is 84.0 Å². The molecule has 0 saturated heterocycles. The minimum atomic E-state index is -0.602. The number of ether oxygens (including phenoxy) is 2. The highest BCUT2D eigenvalue weighted by atomic mass is 32.2. The van der Waals surface area contributed by atoms with Gasteiger partial charge in [-0.25, -0.2) is 14.2 Å². The van der Waals surface area contributed by atoms with Crippen molar-refractivity contribution in [2.75, 3.05) is 26.6 Å². The molecule has 0 aliphatic rings. The smallest absolute Gasteiger partial charge is 0.331 e. The number of aryl methyl sites for hydroxylation is 2. The van der Waals surface area contributed by atoms with E-state index in [1.54, 1.807) is 18.8 Å². The van der Waals surface area contributed by atoms with E-state index >= 15 is 0 Å². The molecule has 140 valence electrons. The molecule has 0 radical (unpaired) electrons. The van der Waals surface area contributed by atoms with E-state index in [9.17, 15) is 9.59 Å². The first-order valence-corrected chi connectivity index (χ1v) is 7.78. The van der Waals surface area contributed by atoms with Gasteiger partial charge in [-0.15, -0.1) is 5.10 Å². The summed E-state index contributed by atoms with van der Waals surface area (Å²) in [6, 6.07) is 0. The third kappa shape index (κ3) is 10.2. The number of aliphatic hydroxyl groups excluding tert-OH is 1. The lowest BCUT2D eigenvalue weighted by atomic mass is 10.8. The molecule has 0 amide bonds. The number of tetrazole rings is 2. The largest absolute Gasteiger partial charge is 0.468 e. The zero-order valence-corrected chi connectivity index (χ0v) is 15.6. The Bertz CT molecular complexity index is 693. The minimum Gasteiger partial charge on any atom is -0.468 e. The highest BCUT2D eigenvalue weighted by Gasteiger charge is 2.06. The average Bonchev–Trinajstić information content (AvgIpc) is 3.21. The Morgan fingerprint density at radius 2 is 1.88 bits per heavy atom. The van der Waals surface area contributed by atoms with Crippen molar-refractivity contribution in [2.24, 2.45) is 14.1 Å². The summed E-state index contributed by atoms with van der Waals surface area (Å²) in [6.45, 7) is -0.531. The van der Waals surface area contributed by atoms with Crippen LogP contribution < -0.4 is 0 Å². The maximum Gasteiger partial charge on any atom is 0.331 e. The zero-order chi connectivity index (χ0) is 19.2. The molecule has 15 heteroatoms. The van der Waals surface area contributed by atoms with Gasteiger partial charge in [-0.05, 0) is 22.6 Å². The predicted octanol–water partition coefficient (Wildman–Crippen LogP) is -1.50. The lowest BCUT2D eigenvalue weighted by Crippen LogP contribution is -2.04. The first-order chi connectivity index (χ1) is 11.8. The molecule has 0 spiro atoms. The molecule has 2 aromatic heterocycles. The van der Waals surface area contributed by atoms with Crippen molar-refractivity contribution >= 4 is 35.9 Å². The number of esters is 2. The van der Waals surface area contributed by atoms with Gasteiger partial charge in [0.2, 0.25) is 9.93 Å². The number of rotatable bonds is 4. The van der Waals surface area contributed by atoms with Crippen LogP contribution in [0, 0.1) is 4.77 Å². The molecule has 2 rings (SSSR count). The summed E-state index contributed by atoms with van der Waals surface area (Å²) < 4.78 is 12.0. The molecular weight excluding hydrogens is 376 g/mol. The maximum absolute atomic E-state index is 10.7. The molecule has 2 N–H and O–H groups in total. The molecule has 0 aromatic carbocycles. The van der Waals surface area contributed by atoms with Crippen LogP contribution in [0.3, 0.4) is 0 Å². The van der Waals surface area contributed by atoms with Crippen LogP contribution in [0.4, 0.5) is 0 Å². The number of methoxy groups -OCH3 is 2. The van der Waals surface area contributed by atoms with Crippen molar-refractivity contribution < 1.29 is 24.2 Å². The minimum absolute atomic E-state index is 0.227. The Balaban J connectivity index is 0.000000378. The monoisotopic (exact) mass is 394 g/mol. The van der Waals surface area contributed by atoms with Crippen LogP contribution in [0.1, 0.15) is 0 Å². The van der Waals surface area contributed by atoms with E-state index in [1.165, 1.54) is 30.7 Å². The normalized spacial score (nSPS) is 9.16. The quantitative estimate of drug-likeness (QED) is 0.351. The van der Waals surface area contributed by atoms with Crippen molar-refractivity contribution in [3.05, 3.63) is 4.77 Å². The molecule has 0 aliphatic carbocycles. The fourth-order valence-corrected chi connectivity index (χ4v) is 1.60. The standard InChI is InChI=1S/C5H8N4O2S.C3H6O3.C2H4N4S/c1-9-5(6-7-8-9)12-3-4(10)11-2;1-6-3(5)2-4;1-6-2(7)3-4-5-6/h3H2,1-2H3;4H,2H2,1H3;1H3,(H,3,5,7). The van der Waals surface area contributed by atoms with Crippen molar-refractivity contribution in [3.8, 4) is 0 Å². The number of carbonyl (C=O) groups excluding carboxylic acids is 2. The van der Waals surface area contributed by atoms with Gasteiger partial charge < -0.3 is 14.6 Å². The second-order valence-corrected chi connectivity index (χ2v) is 5.13. The number of nitrogens with zero attached hydrogens (tertiary/aromatic N) is 7. The summed E-state index contributed by atoms with van der Waals surface area (Å²) in [6.07, 6.45) is 0. The second kappa shape index (κ2) is 13.0. The summed E-state index contributed by atoms with van der Waals surface area (Å²) in [4.78, 5) is 20.4. The number of hydrogen-bond donors (Lipinski definition) is 2. The number of aliphatic hydroxyl groups is 1. The van der Waals surface area contributed by atoms with E-state index in [-0.39, 0.29) is 11.7 Å². The Hall–Kier alpha value is -2.39. The SMILES string of the molecule is COC(=O)CO.COC(=O)CSc1nnnn1C.Cn1[nH]nnc1=S. The predicted molar refractivity (Wildman–Crippen MR) is 86.8 cm³/mol. The third-order valence-electron chi connectivity index (χ3n) is 2.10.